The molecule has 5 rings (SSSR count). The Balaban J connectivity index is 1.56. The number of aliphatic hydroxyl groups is 1. The van der Waals surface area contributed by atoms with Crippen LogP contribution >= 0.6 is 0 Å². The zero-order valence-electron chi connectivity index (χ0n) is 21.5. The summed E-state index contributed by atoms with van der Waals surface area (Å²) in [5, 5.41) is 11.5. The number of halogens is 3. The van der Waals surface area contributed by atoms with Crippen LogP contribution in [0.4, 0.5) is 13.2 Å². The van der Waals surface area contributed by atoms with Crippen LogP contribution in [0.1, 0.15) is 47.2 Å². The first-order valence-corrected chi connectivity index (χ1v) is 13.1. The van der Waals surface area contributed by atoms with Gasteiger partial charge in [-0.15, -0.1) is 0 Å². The molecule has 7 heteroatoms. The predicted octanol–water partition coefficient (Wildman–Crippen LogP) is 7.18. The molecule has 0 aliphatic heterocycles. The summed E-state index contributed by atoms with van der Waals surface area (Å²) < 4.78 is 44.3. The molecule has 0 unspecified atom stereocenters. The number of aliphatic hydroxyl groups excluding tert-OH is 1. The minimum Gasteiger partial charge on any atom is -0.462 e. The average Bonchev–Trinajstić information content (AvgIpc) is 3.32. The third-order valence-corrected chi connectivity index (χ3v) is 7.62. The van der Waals surface area contributed by atoms with Crippen LogP contribution in [0, 0.1) is 5.92 Å². The lowest BCUT2D eigenvalue weighted by Gasteiger charge is -2.18. The molecule has 39 heavy (non-hydrogen) atoms. The third kappa shape index (κ3) is 5.56. The second kappa shape index (κ2) is 10.8. The number of rotatable bonds is 6. The van der Waals surface area contributed by atoms with Crippen LogP contribution in [0.2, 0.25) is 0 Å². The lowest BCUT2D eigenvalue weighted by molar-refractivity contribution is -0.137. The van der Waals surface area contributed by atoms with Crippen LogP contribution in [0.3, 0.4) is 0 Å². The van der Waals surface area contributed by atoms with Crippen molar-refractivity contribution in [3.63, 3.8) is 0 Å². The number of esters is 1. The third-order valence-electron chi connectivity index (χ3n) is 7.62. The van der Waals surface area contributed by atoms with Crippen LogP contribution < -0.4 is 5.73 Å². The molecule has 1 aliphatic carbocycles. The van der Waals surface area contributed by atoms with Crippen molar-refractivity contribution >= 4 is 16.7 Å². The average molecular weight is 534 g/mol. The highest BCUT2D eigenvalue weighted by Crippen LogP contribution is 2.40. The van der Waals surface area contributed by atoms with Crippen molar-refractivity contribution in [1.29, 1.82) is 0 Å². The number of hydrogen-bond acceptors (Lipinski definition) is 4. The maximum atomic E-state index is 13.0. The second-order valence-electron chi connectivity index (χ2n) is 10.2. The summed E-state index contributed by atoms with van der Waals surface area (Å²) in [6.07, 6.45) is -2.77. The zero-order valence-corrected chi connectivity index (χ0v) is 21.5. The van der Waals surface area contributed by atoms with Crippen LogP contribution in [-0.4, -0.2) is 30.3 Å². The number of nitrogens with two attached hydrogens (primary N) is 1. The quantitative estimate of drug-likeness (QED) is 0.258. The molecule has 1 fully saturated rings. The Morgan fingerprint density at radius 2 is 1.59 bits per heavy atom. The summed E-state index contributed by atoms with van der Waals surface area (Å²) in [5.74, 6) is -0.0988. The van der Waals surface area contributed by atoms with E-state index in [9.17, 15) is 23.1 Å². The Labute approximate surface area is 225 Å². The predicted molar refractivity (Wildman–Crippen MR) is 146 cm³/mol. The fourth-order valence-electron chi connectivity index (χ4n) is 5.66. The Morgan fingerprint density at radius 3 is 2.23 bits per heavy atom. The number of carbonyl (C=O) groups is 1. The molecule has 0 bridgehead atoms. The van der Waals surface area contributed by atoms with Crippen molar-refractivity contribution in [2.45, 2.75) is 37.9 Å². The van der Waals surface area contributed by atoms with Gasteiger partial charge in [0.15, 0.2) is 0 Å². The van der Waals surface area contributed by atoms with Gasteiger partial charge in [-0.3, -0.25) is 0 Å². The summed E-state index contributed by atoms with van der Waals surface area (Å²) in [6.45, 7) is 2.09. The van der Waals surface area contributed by atoms with E-state index in [2.05, 4.69) is 12.1 Å². The van der Waals surface area contributed by atoms with E-state index in [0.717, 1.165) is 58.0 Å². The van der Waals surface area contributed by atoms with Gasteiger partial charge >= 0.3 is 12.1 Å². The van der Waals surface area contributed by atoms with E-state index in [1.54, 1.807) is 13.0 Å². The summed E-state index contributed by atoms with van der Waals surface area (Å²) in [5.41, 5.74) is 10.1. The summed E-state index contributed by atoms with van der Waals surface area (Å²) in [7, 11) is 0. The van der Waals surface area contributed by atoms with Gasteiger partial charge in [0, 0.05) is 12.6 Å². The molecule has 1 aliphatic rings. The normalized spacial score (nSPS) is 19.4. The van der Waals surface area contributed by atoms with Crippen molar-refractivity contribution in [3.05, 3.63) is 95.6 Å². The summed E-state index contributed by atoms with van der Waals surface area (Å²) in [4.78, 5) is 12.7. The van der Waals surface area contributed by atoms with Gasteiger partial charge in [-0.1, -0.05) is 48.5 Å². The molecule has 0 radical (unpaired) electrons. The molecule has 0 heterocycles. The Bertz CT molecular complexity index is 1480. The van der Waals surface area contributed by atoms with Gasteiger partial charge in [0.05, 0.1) is 17.7 Å². The number of ether oxygens (including phenoxy) is 1. The van der Waals surface area contributed by atoms with Gasteiger partial charge in [0.2, 0.25) is 0 Å². The van der Waals surface area contributed by atoms with Gasteiger partial charge in [0.25, 0.3) is 0 Å². The smallest absolute Gasteiger partial charge is 0.416 e. The van der Waals surface area contributed by atoms with Gasteiger partial charge in [-0.2, -0.15) is 13.2 Å². The SMILES string of the molecule is CCOC(=O)c1cc(-c2ccc([C@H]3C[C@H](N)C[C@@H]3CO)cc2)c2ccc(-c3ccc(C(F)(F)F)cc3)cc2c1. The molecular formula is C32H30F3NO3. The number of fused-ring (bicyclic) bond motifs is 1. The lowest BCUT2D eigenvalue weighted by atomic mass is 9.87. The minimum absolute atomic E-state index is 0.0795. The topological polar surface area (TPSA) is 72.5 Å². The highest BCUT2D eigenvalue weighted by atomic mass is 19.4. The van der Waals surface area contributed by atoms with E-state index < -0.39 is 17.7 Å². The maximum absolute atomic E-state index is 13.0. The van der Waals surface area contributed by atoms with Gasteiger partial charge in [0.1, 0.15) is 0 Å². The molecule has 3 N–H and O–H groups in total. The second-order valence-corrected chi connectivity index (χ2v) is 10.2. The fourth-order valence-corrected chi connectivity index (χ4v) is 5.66. The fraction of sp³-hybridized carbons (Fsp3) is 0.281. The number of carbonyl (C=O) groups excluding carboxylic acids is 1. The molecule has 202 valence electrons. The van der Waals surface area contributed by atoms with Crippen LogP contribution in [0.25, 0.3) is 33.0 Å². The van der Waals surface area contributed by atoms with Crippen molar-refractivity contribution in [2.75, 3.05) is 13.2 Å². The highest BCUT2D eigenvalue weighted by Gasteiger charge is 2.33. The molecule has 1 saturated carbocycles. The first-order valence-electron chi connectivity index (χ1n) is 13.1. The first kappa shape index (κ1) is 26.9. The molecule has 0 spiro atoms. The highest BCUT2D eigenvalue weighted by molar-refractivity contribution is 6.04. The Hall–Kier alpha value is -3.68. The number of hydrogen-bond donors (Lipinski definition) is 2. The summed E-state index contributed by atoms with van der Waals surface area (Å²) >= 11 is 0. The van der Waals surface area contributed by atoms with Crippen LogP contribution in [0.15, 0.2) is 78.9 Å². The summed E-state index contributed by atoms with van der Waals surface area (Å²) in [6, 6.07) is 22.5. The molecule has 4 nitrogen and oxygen atoms in total. The van der Waals surface area contributed by atoms with Crippen molar-refractivity contribution in [3.8, 4) is 22.3 Å². The Kier molecular flexibility index (Phi) is 7.47. The van der Waals surface area contributed by atoms with Crippen LogP contribution in [-0.2, 0) is 10.9 Å². The molecule has 0 aromatic heterocycles. The van der Waals surface area contributed by atoms with E-state index in [-0.39, 0.29) is 31.1 Å². The van der Waals surface area contributed by atoms with E-state index in [0.29, 0.717) is 11.1 Å². The first-order chi connectivity index (χ1) is 18.7. The van der Waals surface area contributed by atoms with Crippen molar-refractivity contribution in [2.24, 2.45) is 11.7 Å². The number of alkyl halides is 3. The van der Waals surface area contributed by atoms with Gasteiger partial charge < -0.3 is 15.6 Å². The molecule has 4 aromatic carbocycles. The monoisotopic (exact) mass is 533 g/mol. The number of benzene rings is 4. The van der Waals surface area contributed by atoms with E-state index in [4.69, 9.17) is 10.5 Å². The molecule has 0 amide bonds. The molecular weight excluding hydrogens is 503 g/mol. The van der Waals surface area contributed by atoms with Gasteiger partial charge in [-0.05, 0) is 101 Å². The van der Waals surface area contributed by atoms with Crippen molar-refractivity contribution < 1.29 is 27.8 Å². The minimum atomic E-state index is -4.40. The van der Waals surface area contributed by atoms with E-state index >= 15 is 0 Å². The maximum Gasteiger partial charge on any atom is 0.416 e. The molecule has 0 saturated heterocycles. The van der Waals surface area contributed by atoms with Gasteiger partial charge in [-0.25, -0.2) is 4.79 Å². The largest absolute Gasteiger partial charge is 0.462 e. The van der Waals surface area contributed by atoms with Crippen LogP contribution in [0.5, 0.6) is 0 Å². The molecule has 4 aromatic rings. The standard InChI is InChI=1S/C32H30F3NO3/c1-2-39-31(38)24-14-23-13-22(19-7-10-26(11-8-19)32(33,34)35)9-12-28(23)30(16-24)21-5-3-20(4-6-21)29-17-27(36)15-25(29)18-37/h3-14,16,25,27,29,37H,2,15,17-18,36H2,1H3/t25-,27-,29-/m1/s1. The lowest BCUT2D eigenvalue weighted by Crippen LogP contribution is -2.15. The molecule has 3 atom stereocenters. The Morgan fingerprint density at radius 1 is 0.923 bits per heavy atom. The van der Waals surface area contributed by atoms with Crippen molar-refractivity contribution in [1.82, 2.24) is 0 Å². The van der Waals surface area contributed by atoms with E-state index in [1.807, 2.05) is 36.4 Å². The zero-order chi connectivity index (χ0) is 27.7. The van der Waals surface area contributed by atoms with E-state index in [1.165, 1.54) is 12.1 Å².